The van der Waals surface area contributed by atoms with Gasteiger partial charge in [0.1, 0.15) is 0 Å². The van der Waals surface area contributed by atoms with E-state index in [1.54, 1.807) is 29.2 Å². The zero-order chi connectivity index (χ0) is 21.8. The van der Waals surface area contributed by atoms with E-state index in [-0.39, 0.29) is 5.91 Å². The first-order valence-electron chi connectivity index (χ1n) is 10.7. The highest BCUT2D eigenvalue weighted by Crippen LogP contribution is 2.19. The van der Waals surface area contributed by atoms with E-state index < -0.39 is 10.0 Å². The van der Waals surface area contributed by atoms with Crippen molar-refractivity contribution in [2.45, 2.75) is 18.4 Å². The first-order valence-corrected chi connectivity index (χ1v) is 12.1. The molecule has 31 heavy (non-hydrogen) atoms. The zero-order valence-electron chi connectivity index (χ0n) is 17.9. The van der Waals surface area contributed by atoms with Crippen molar-refractivity contribution in [3.8, 4) is 0 Å². The van der Waals surface area contributed by atoms with E-state index in [1.807, 2.05) is 31.2 Å². The second-order valence-electron chi connectivity index (χ2n) is 8.09. The van der Waals surface area contributed by atoms with Crippen LogP contribution in [0.3, 0.4) is 0 Å². The lowest BCUT2D eigenvalue weighted by Crippen LogP contribution is -2.50. The Balaban J connectivity index is 1.34. The summed E-state index contributed by atoms with van der Waals surface area (Å²) in [5.41, 5.74) is 2.83. The molecule has 0 N–H and O–H groups in total. The molecule has 8 heteroatoms. The molecule has 2 aromatic rings. The van der Waals surface area contributed by atoms with Gasteiger partial charge in [-0.1, -0.05) is 29.8 Å². The van der Waals surface area contributed by atoms with Crippen LogP contribution in [0, 0.1) is 6.92 Å². The number of sulfonamides is 1. The van der Waals surface area contributed by atoms with Crippen molar-refractivity contribution in [2.24, 2.45) is 0 Å². The van der Waals surface area contributed by atoms with Gasteiger partial charge in [0.25, 0.3) is 5.91 Å². The van der Waals surface area contributed by atoms with Crippen molar-refractivity contribution in [3.63, 3.8) is 0 Å². The summed E-state index contributed by atoms with van der Waals surface area (Å²) in [6.45, 7) is 7.55. The highest BCUT2D eigenvalue weighted by Gasteiger charge is 2.30. The molecule has 0 radical (unpaired) electrons. The molecule has 0 aromatic heterocycles. The number of benzene rings is 2. The Kier molecular flexibility index (Phi) is 6.71. The fraction of sp³-hybridized carbons (Fsp3) is 0.435. The van der Waals surface area contributed by atoms with Gasteiger partial charge in [0.2, 0.25) is 10.0 Å². The number of hydrogen-bond donors (Lipinski definition) is 0. The number of nitrogens with zero attached hydrogens (tertiary/aromatic N) is 3. The van der Waals surface area contributed by atoms with Gasteiger partial charge in [-0.05, 0) is 36.8 Å². The quantitative estimate of drug-likeness (QED) is 0.707. The molecule has 1 amide bonds. The zero-order valence-corrected chi connectivity index (χ0v) is 18.7. The van der Waals surface area contributed by atoms with Crippen LogP contribution in [-0.2, 0) is 21.3 Å². The Bertz CT molecular complexity index is 992. The maximum Gasteiger partial charge on any atom is 0.253 e. The first kappa shape index (κ1) is 22.0. The summed E-state index contributed by atoms with van der Waals surface area (Å²) in [4.78, 5) is 17.3. The Morgan fingerprint density at radius 3 is 2.10 bits per heavy atom. The standard InChI is InChI=1S/C23H29N3O4S/c1-19-2-8-22(9-3-19)31(28,29)26-12-10-25(11-13-26)23(27)21-6-4-20(5-7-21)18-24-14-16-30-17-15-24/h2-9H,10-18H2,1H3. The van der Waals surface area contributed by atoms with E-state index in [9.17, 15) is 13.2 Å². The SMILES string of the molecule is Cc1ccc(S(=O)(=O)N2CCN(C(=O)c3ccc(CN4CCOCC4)cc3)CC2)cc1. The summed E-state index contributed by atoms with van der Waals surface area (Å²) in [6, 6.07) is 14.6. The van der Waals surface area contributed by atoms with E-state index in [1.165, 1.54) is 9.87 Å². The number of carbonyl (C=O) groups excluding carboxylic acids is 1. The molecule has 2 aliphatic heterocycles. The highest BCUT2D eigenvalue weighted by atomic mass is 32.2. The maximum absolute atomic E-state index is 12.9. The van der Waals surface area contributed by atoms with Crippen LogP contribution in [0.15, 0.2) is 53.4 Å². The Labute approximate surface area is 184 Å². The number of carbonyl (C=O) groups is 1. The van der Waals surface area contributed by atoms with Crippen molar-refractivity contribution in [1.82, 2.24) is 14.1 Å². The van der Waals surface area contributed by atoms with Crippen LogP contribution in [-0.4, -0.2) is 80.9 Å². The van der Waals surface area contributed by atoms with Crippen LogP contribution in [0.1, 0.15) is 21.5 Å². The molecule has 0 atom stereocenters. The molecular weight excluding hydrogens is 414 g/mol. The molecule has 2 fully saturated rings. The largest absolute Gasteiger partial charge is 0.379 e. The number of morpholine rings is 1. The van der Waals surface area contributed by atoms with E-state index in [4.69, 9.17) is 4.74 Å². The molecule has 7 nitrogen and oxygen atoms in total. The molecule has 4 rings (SSSR count). The van der Waals surface area contributed by atoms with Gasteiger partial charge in [-0.3, -0.25) is 9.69 Å². The van der Waals surface area contributed by atoms with Gasteiger partial charge < -0.3 is 9.64 Å². The van der Waals surface area contributed by atoms with Crippen LogP contribution in [0.25, 0.3) is 0 Å². The average Bonchev–Trinajstić information content (AvgIpc) is 2.80. The Morgan fingerprint density at radius 1 is 0.871 bits per heavy atom. The average molecular weight is 444 g/mol. The fourth-order valence-electron chi connectivity index (χ4n) is 3.94. The molecule has 2 aromatic carbocycles. The maximum atomic E-state index is 12.9. The van der Waals surface area contributed by atoms with Crippen molar-refractivity contribution in [1.29, 1.82) is 0 Å². The van der Waals surface area contributed by atoms with Crippen LogP contribution in [0.5, 0.6) is 0 Å². The van der Waals surface area contributed by atoms with Gasteiger partial charge in [-0.2, -0.15) is 4.31 Å². The molecule has 2 saturated heterocycles. The predicted octanol–water partition coefficient (Wildman–Crippen LogP) is 1.97. The lowest BCUT2D eigenvalue weighted by Gasteiger charge is -2.34. The summed E-state index contributed by atoms with van der Waals surface area (Å²) in [5.74, 6) is -0.0506. The van der Waals surface area contributed by atoms with Crippen molar-refractivity contribution >= 4 is 15.9 Å². The molecule has 0 unspecified atom stereocenters. The van der Waals surface area contributed by atoms with Gasteiger partial charge >= 0.3 is 0 Å². The minimum absolute atomic E-state index is 0.0506. The number of rotatable bonds is 5. The normalized spacial score (nSPS) is 18.8. The Morgan fingerprint density at radius 2 is 1.48 bits per heavy atom. The van der Waals surface area contributed by atoms with Gasteiger partial charge in [-0.15, -0.1) is 0 Å². The van der Waals surface area contributed by atoms with Crippen molar-refractivity contribution < 1.29 is 17.9 Å². The third-order valence-corrected chi connectivity index (χ3v) is 7.81. The summed E-state index contributed by atoms with van der Waals surface area (Å²) >= 11 is 0. The smallest absolute Gasteiger partial charge is 0.253 e. The molecule has 0 spiro atoms. The minimum atomic E-state index is -3.53. The predicted molar refractivity (Wildman–Crippen MR) is 118 cm³/mol. The van der Waals surface area contributed by atoms with Crippen LogP contribution in [0.4, 0.5) is 0 Å². The third-order valence-electron chi connectivity index (χ3n) is 5.90. The second-order valence-corrected chi connectivity index (χ2v) is 10.0. The monoisotopic (exact) mass is 443 g/mol. The van der Waals surface area contributed by atoms with Crippen LogP contribution >= 0.6 is 0 Å². The lowest BCUT2D eigenvalue weighted by atomic mass is 10.1. The number of aryl methyl sites for hydroxylation is 1. The van der Waals surface area contributed by atoms with E-state index in [0.29, 0.717) is 36.6 Å². The first-order chi connectivity index (χ1) is 14.9. The Hall–Kier alpha value is -2.26. The number of hydrogen-bond acceptors (Lipinski definition) is 5. The van der Waals surface area contributed by atoms with Gasteiger partial charge in [0, 0.05) is 51.4 Å². The molecular formula is C23H29N3O4S. The molecule has 2 heterocycles. The summed E-state index contributed by atoms with van der Waals surface area (Å²) in [5, 5.41) is 0. The fourth-order valence-corrected chi connectivity index (χ4v) is 5.37. The molecule has 2 aliphatic rings. The van der Waals surface area contributed by atoms with Crippen molar-refractivity contribution in [2.75, 3.05) is 52.5 Å². The van der Waals surface area contributed by atoms with Gasteiger partial charge in [-0.25, -0.2) is 8.42 Å². The molecule has 166 valence electrons. The number of ether oxygens (including phenoxy) is 1. The topological polar surface area (TPSA) is 70.2 Å². The van der Waals surface area contributed by atoms with Gasteiger partial charge in [0.05, 0.1) is 18.1 Å². The van der Waals surface area contributed by atoms with Crippen molar-refractivity contribution in [3.05, 3.63) is 65.2 Å². The van der Waals surface area contributed by atoms with Crippen LogP contribution < -0.4 is 0 Å². The summed E-state index contributed by atoms with van der Waals surface area (Å²) in [6.07, 6.45) is 0. The molecule has 0 saturated carbocycles. The third kappa shape index (κ3) is 5.15. The van der Waals surface area contributed by atoms with E-state index in [0.717, 1.165) is 38.4 Å². The summed E-state index contributed by atoms with van der Waals surface area (Å²) < 4.78 is 32.6. The number of piperazine rings is 1. The lowest BCUT2D eigenvalue weighted by molar-refractivity contribution is 0.0342. The number of amides is 1. The second kappa shape index (κ2) is 9.48. The highest BCUT2D eigenvalue weighted by molar-refractivity contribution is 7.89. The minimum Gasteiger partial charge on any atom is -0.379 e. The van der Waals surface area contributed by atoms with E-state index >= 15 is 0 Å². The van der Waals surface area contributed by atoms with E-state index in [2.05, 4.69) is 4.90 Å². The van der Waals surface area contributed by atoms with Gasteiger partial charge in [0.15, 0.2) is 0 Å². The molecule has 0 bridgehead atoms. The summed E-state index contributed by atoms with van der Waals surface area (Å²) in [7, 11) is -3.53. The molecule has 0 aliphatic carbocycles. The van der Waals surface area contributed by atoms with Crippen LogP contribution in [0.2, 0.25) is 0 Å².